The minimum Gasteiger partial charge on any atom is -0.332 e. The van der Waals surface area contributed by atoms with Gasteiger partial charge < -0.3 is 4.90 Å². The van der Waals surface area contributed by atoms with E-state index in [0.29, 0.717) is 25.6 Å². The summed E-state index contributed by atoms with van der Waals surface area (Å²) in [6.07, 6.45) is 2.24. The molecule has 1 aliphatic rings. The molecule has 2 aromatic rings. The minimum atomic E-state index is -0.936. The lowest BCUT2D eigenvalue weighted by Crippen LogP contribution is -2.37. The van der Waals surface area contributed by atoms with Crippen molar-refractivity contribution in [2.75, 3.05) is 6.54 Å². The maximum atomic E-state index is 13.7. The standard InChI is InChI=1S/C14H14F2N4O/c1-2-11-9-7-20(4-3-12(9)19-18-11)14(21)13-10(16)5-8(15)6-17-13/h5-6H,2-4,7H2,1H3,(H,18,19). The van der Waals surface area contributed by atoms with Crippen LogP contribution in [0, 0.1) is 11.6 Å². The molecule has 0 saturated heterocycles. The lowest BCUT2D eigenvalue weighted by Gasteiger charge is -2.27. The first-order chi connectivity index (χ1) is 10.1. The average Bonchev–Trinajstić information content (AvgIpc) is 2.88. The van der Waals surface area contributed by atoms with Gasteiger partial charge in [-0.05, 0) is 6.42 Å². The summed E-state index contributed by atoms with van der Waals surface area (Å²) >= 11 is 0. The summed E-state index contributed by atoms with van der Waals surface area (Å²) in [4.78, 5) is 17.4. The molecule has 3 rings (SSSR count). The van der Waals surface area contributed by atoms with Crippen LogP contribution in [0.5, 0.6) is 0 Å². The molecule has 1 N–H and O–H groups in total. The van der Waals surface area contributed by atoms with Crippen molar-refractivity contribution < 1.29 is 13.6 Å². The molecular formula is C14H14F2N4O. The summed E-state index contributed by atoms with van der Waals surface area (Å²) in [6.45, 7) is 2.81. The van der Waals surface area contributed by atoms with Crippen molar-refractivity contribution in [2.24, 2.45) is 0 Å². The highest BCUT2D eigenvalue weighted by molar-refractivity contribution is 5.92. The summed E-state index contributed by atoms with van der Waals surface area (Å²) in [5.41, 5.74) is 2.57. The third-order valence-electron chi connectivity index (χ3n) is 3.65. The van der Waals surface area contributed by atoms with E-state index in [1.807, 2.05) is 6.92 Å². The van der Waals surface area contributed by atoms with E-state index in [1.54, 1.807) is 0 Å². The van der Waals surface area contributed by atoms with Gasteiger partial charge >= 0.3 is 0 Å². The predicted molar refractivity (Wildman–Crippen MR) is 70.6 cm³/mol. The number of amides is 1. The molecule has 0 radical (unpaired) electrons. The summed E-state index contributed by atoms with van der Waals surface area (Å²) in [7, 11) is 0. The molecule has 0 atom stereocenters. The fraction of sp³-hybridized carbons (Fsp3) is 0.357. The Morgan fingerprint density at radius 1 is 1.48 bits per heavy atom. The van der Waals surface area contributed by atoms with Gasteiger partial charge in [-0.15, -0.1) is 0 Å². The molecule has 1 amide bonds. The van der Waals surface area contributed by atoms with Crippen LogP contribution in [0.15, 0.2) is 12.3 Å². The number of aryl methyl sites for hydroxylation is 1. The van der Waals surface area contributed by atoms with Gasteiger partial charge in [0.25, 0.3) is 5.91 Å². The summed E-state index contributed by atoms with van der Waals surface area (Å²) in [6, 6.07) is 0.672. The van der Waals surface area contributed by atoms with Gasteiger partial charge in [-0.25, -0.2) is 13.8 Å². The number of carbonyl (C=O) groups excluding carboxylic acids is 1. The van der Waals surface area contributed by atoms with Gasteiger partial charge in [0.1, 0.15) is 5.82 Å². The van der Waals surface area contributed by atoms with E-state index < -0.39 is 17.5 Å². The first-order valence-corrected chi connectivity index (χ1v) is 6.75. The highest BCUT2D eigenvalue weighted by Gasteiger charge is 2.27. The van der Waals surface area contributed by atoms with E-state index >= 15 is 0 Å². The predicted octanol–water partition coefficient (Wildman–Crippen LogP) is 1.84. The Bertz CT molecular complexity index is 685. The SMILES string of the molecule is CCc1n[nH]c2c1CN(C(=O)c1ncc(F)cc1F)CC2. The fourth-order valence-corrected chi connectivity index (χ4v) is 2.54. The topological polar surface area (TPSA) is 61.9 Å². The zero-order valence-corrected chi connectivity index (χ0v) is 11.5. The molecule has 0 aromatic carbocycles. The number of hydrogen-bond donors (Lipinski definition) is 1. The van der Waals surface area contributed by atoms with Crippen LogP contribution in [0.4, 0.5) is 8.78 Å². The largest absolute Gasteiger partial charge is 0.332 e. The third kappa shape index (κ3) is 2.39. The molecule has 5 nitrogen and oxygen atoms in total. The second-order valence-electron chi connectivity index (χ2n) is 4.94. The van der Waals surface area contributed by atoms with Crippen molar-refractivity contribution in [1.29, 1.82) is 0 Å². The first-order valence-electron chi connectivity index (χ1n) is 6.75. The summed E-state index contributed by atoms with van der Waals surface area (Å²) in [5.74, 6) is -2.26. The van der Waals surface area contributed by atoms with Gasteiger partial charge in [0, 0.05) is 36.8 Å². The zero-order chi connectivity index (χ0) is 15.0. The maximum absolute atomic E-state index is 13.7. The smallest absolute Gasteiger partial charge is 0.275 e. The molecule has 3 heterocycles. The molecule has 110 valence electrons. The number of aromatic nitrogens is 3. The second-order valence-corrected chi connectivity index (χ2v) is 4.94. The monoisotopic (exact) mass is 292 g/mol. The van der Waals surface area contributed by atoms with Gasteiger partial charge in [-0.3, -0.25) is 9.89 Å². The number of nitrogens with zero attached hydrogens (tertiary/aromatic N) is 3. The Kier molecular flexibility index (Phi) is 3.40. The average molecular weight is 292 g/mol. The highest BCUT2D eigenvalue weighted by Crippen LogP contribution is 2.22. The molecule has 0 saturated carbocycles. The lowest BCUT2D eigenvalue weighted by molar-refractivity contribution is 0.0722. The van der Waals surface area contributed by atoms with Gasteiger partial charge in [0.05, 0.1) is 11.9 Å². The van der Waals surface area contributed by atoms with Gasteiger partial charge in [-0.1, -0.05) is 6.92 Å². The zero-order valence-electron chi connectivity index (χ0n) is 11.5. The Morgan fingerprint density at radius 2 is 2.29 bits per heavy atom. The molecular weight excluding hydrogens is 278 g/mol. The molecule has 7 heteroatoms. The van der Waals surface area contributed by atoms with Crippen molar-refractivity contribution in [1.82, 2.24) is 20.1 Å². The molecule has 0 aliphatic carbocycles. The minimum absolute atomic E-state index is 0.346. The second kappa shape index (κ2) is 5.23. The Balaban J connectivity index is 1.86. The number of pyridine rings is 1. The van der Waals surface area contributed by atoms with Gasteiger partial charge in [0.15, 0.2) is 11.5 Å². The molecule has 1 aliphatic heterocycles. The van der Waals surface area contributed by atoms with Crippen LogP contribution >= 0.6 is 0 Å². The molecule has 0 spiro atoms. The van der Waals surface area contributed by atoms with Crippen LogP contribution in [0.1, 0.15) is 34.4 Å². The number of nitrogens with one attached hydrogen (secondary N) is 1. The molecule has 0 unspecified atom stereocenters. The number of carbonyl (C=O) groups is 1. The van der Waals surface area contributed by atoms with Crippen LogP contribution in [-0.2, 0) is 19.4 Å². The number of rotatable bonds is 2. The van der Waals surface area contributed by atoms with E-state index in [1.165, 1.54) is 4.90 Å². The van der Waals surface area contributed by atoms with Gasteiger partial charge in [-0.2, -0.15) is 5.10 Å². The van der Waals surface area contributed by atoms with Crippen LogP contribution in [0.3, 0.4) is 0 Å². The van der Waals surface area contributed by atoms with Crippen molar-refractivity contribution in [2.45, 2.75) is 26.3 Å². The van der Waals surface area contributed by atoms with Crippen LogP contribution in [-0.4, -0.2) is 32.5 Å². The first kappa shape index (κ1) is 13.7. The van der Waals surface area contributed by atoms with Crippen LogP contribution < -0.4 is 0 Å². The summed E-state index contributed by atoms with van der Waals surface area (Å²) in [5, 5.41) is 7.18. The molecule has 0 fully saturated rings. The van der Waals surface area contributed by atoms with Crippen LogP contribution in [0.2, 0.25) is 0 Å². The molecule has 2 aromatic heterocycles. The number of aromatic amines is 1. The Morgan fingerprint density at radius 3 is 3.00 bits per heavy atom. The Hall–Kier alpha value is -2.31. The fourth-order valence-electron chi connectivity index (χ4n) is 2.54. The number of fused-ring (bicyclic) bond motifs is 1. The van der Waals surface area contributed by atoms with Crippen LogP contribution in [0.25, 0.3) is 0 Å². The van der Waals surface area contributed by atoms with Crippen molar-refractivity contribution in [3.63, 3.8) is 0 Å². The van der Waals surface area contributed by atoms with Crippen molar-refractivity contribution >= 4 is 5.91 Å². The highest BCUT2D eigenvalue weighted by atomic mass is 19.1. The number of hydrogen-bond acceptors (Lipinski definition) is 3. The normalized spacial score (nSPS) is 14.1. The van der Waals surface area contributed by atoms with Crippen molar-refractivity contribution in [3.05, 3.63) is 46.5 Å². The molecule has 0 bridgehead atoms. The summed E-state index contributed by atoms with van der Waals surface area (Å²) < 4.78 is 26.5. The van der Waals surface area contributed by atoms with E-state index in [0.717, 1.165) is 29.6 Å². The van der Waals surface area contributed by atoms with Gasteiger partial charge in [0.2, 0.25) is 0 Å². The number of H-pyrrole nitrogens is 1. The molecule has 21 heavy (non-hydrogen) atoms. The van der Waals surface area contributed by atoms with E-state index in [-0.39, 0.29) is 5.69 Å². The maximum Gasteiger partial charge on any atom is 0.275 e. The number of halogens is 2. The van der Waals surface area contributed by atoms with E-state index in [9.17, 15) is 13.6 Å². The lowest BCUT2D eigenvalue weighted by atomic mass is 10.0. The Labute approximate surface area is 120 Å². The van der Waals surface area contributed by atoms with Crippen molar-refractivity contribution in [3.8, 4) is 0 Å². The third-order valence-corrected chi connectivity index (χ3v) is 3.65. The van der Waals surface area contributed by atoms with E-state index in [4.69, 9.17) is 0 Å². The van der Waals surface area contributed by atoms with E-state index in [2.05, 4.69) is 15.2 Å². The quantitative estimate of drug-likeness (QED) is 0.918.